The van der Waals surface area contributed by atoms with Crippen molar-refractivity contribution in [2.24, 2.45) is 0 Å². The second-order valence-electron chi connectivity index (χ2n) is 8.40. The van der Waals surface area contributed by atoms with Crippen molar-refractivity contribution in [1.29, 1.82) is 0 Å². The zero-order chi connectivity index (χ0) is 24.5. The van der Waals surface area contributed by atoms with Crippen LogP contribution in [-0.2, 0) is 4.79 Å². The highest BCUT2D eigenvalue weighted by Crippen LogP contribution is 2.33. The minimum absolute atomic E-state index is 0.0169. The molecule has 6 heterocycles. The zero-order valence-electron chi connectivity index (χ0n) is 19.4. The molecular weight excluding hydrogens is 472 g/mol. The van der Waals surface area contributed by atoms with Crippen molar-refractivity contribution >= 4 is 45.1 Å². The van der Waals surface area contributed by atoms with Crippen molar-refractivity contribution in [2.75, 3.05) is 5.32 Å². The summed E-state index contributed by atoms with van der Waals surface area (Å²) in [4.78, 5) is 35.0. The number of nitrogens with one attached hydrogen (secondary N) is 3. The molecule has 0 aliphatic rings. The van der Waals surface area contributed by atoms with Crippen LogP contribution in [0.5, 0.6) is 0 Å². The monoisotopic (exact) mass is 494 g/mol. The van der Waals surface area contributed by atoms with Gasteiger partial charge in [0.05, 0.1) is 28.6 Å². The van der Waals surface area contributed by atoms with Crippen LogP contribution in [0.2, 0.25) is 0 Å². The van der Waals surface area contributed by atoms with Crippen LogP contribution in [0, 0.1) is 0 Å². The van der Waals surface area contributed by atoms with Crippen LogP contribution in [-0.4, -0.2) is 41.0 Å². The lowest BCUT2D eigenvalue weighted by atomic mass is 10.1. The third-order valence-corrected chi connectivity index (χ3v) is 6.79. The maximum absolute atomic E-state index is 12.2. The number of rotatable bonds is 7. The summed E-state index contributed by atoms with van der Waals surface area (Å²) in [6, 6.07) is 11.8. The van der Waals surface area contributed by atoms with Gasteiger partial charge in [0.15, 0.2) is 17.2 Å². The fourth-order valence-corrected chi connectivity index (χ4v) is 4.85. The number of aromatic amines is 2. The molecule has 0 saturated heterocycles. The number of nitrogens with zero attached hydrogens (tertiary/aromatic N) is 5. The van der Waals surface area contributed by atoms with E-state index in [0.29, 0.717) is 34.8 Å². The van der Waals surface area contributed by atoms with E-state index in [0.717, 1.165) is 45.6 Å². The Morgan fingerprint density at radius 1 is 1.14 bits per heavy atom. The number of aromatic nitrogens is 7. The number of imidazole rings is 1. The fraction of sp³-hybridized carbons (Fsp3) is 0.154. The summed E-state index contributed by atoms with van der Waals surface area (Å²) in [5.74, 6) is 0.573. The maximum Gasteiger partial charge on any atom is 0.224 e. The van der Waals surface area contributed by atoms with Crippen molar-refractivity contribution < 1.29 is 4.79 Å². The largest absolute Gasteiger partial charge is 0.335 e. The molecule has 36 heavy (non-hydrogen) atoms. The first-order valence-electron chi connectivity index (χ1n) is 11.7. The lowest BCUT2D eigenvalue weighted by molar-refractivity contribution is -0.116. The first-order valence-corrected chi connectivity index (χ1v) is 12.6. The number of fused-ring (bicyclic) bond motifs is 2. The van der Waals surface area contributed by atoms with E-state index in [4.69, 9.17) is 9.97 Å². The van der Waals surface area contributed by atoms with Crippen LogP contribution in [0.4, 0.5) is 5.69 Å². The molecule has 178 valence electrons. The van der Waals surface area contributed by atoms with E-state index >= 15 is 0 Å². The van der Waals surface area contributed by atoms with Gasteiger partial charge in [0.2, 0.25) is 5.91 Å². The van der Waals surface area contributed by atoms with E-state index in [1.807, 2.05) is 35.7 Å². The van der Waals surface area contributed by atoms with Crippen LogP contribution in [0.1, 0.15) is 26.2 Å². The molecule has 0 radical (unpaired) electrons. The summed E-state index contributed by atoms with van der Waals surface area (Å²) >= 11 is 1.67. The summed E-state index contributed by atoms with van der Waals surface area (Å²) in [5.41, 5.74) is 6.77. The van der Waals surface area contributed by atoms with Crippen molar-refractivity contribution in [3.8, 4) is 33.2 Å². The van der Waals surface area contributed by atoms with Crippen LogP contribution in [0.25, 0.3) is 55.4 Å². The summed E-state index contributed by atoms with van der Waals surface area (Å²) in [7, 11) is 0. The molecule has 0 atom stereocenters. The Labute approximate surface area is 210 Å². The highest BCUT2D eigenvalue weighted by molar-refractivity contribution is 7.13. The highest BCUT2D eigenvalue weighted by atomic mass is 32.1. The molecular formula is C26H22N8OS. The van der Waals surface area contributed by atoms with Crippen molar-refractivity contribution in [3.05, 3.63) is 60.4 Å². The molecule has 6 rings (SSSR count). The molecule has 3 N–H and O–H groups in total. The lowest BCUT2D eigenvalue weighted by Gasteiger charge is -2.07. The topological polar surface area (TPSA) is 125 Å². The summed E-state index contributed by atoms with van der Waals surface area (Å²) in [6.07, 6.45) is 7.45. The summed E-state index contributed by atoms with van der Waals surface area (Å²) in [6.45, 7) is 2.06. The number of amides is 1. The smallest absolute Gasteiger partial charge is 0.224 e. The lowest BCUT2D eigenvalue weighted by Crippen LogP contribution is -2.11. The second-order valence-corrected chi connectivity index (χ2v) is 9.35. The molecule has 0 unspecified atom stereocenters. The number of thiophene rings is 1. The highest BCUT2D eigenvalue weighted by Gasteiger charge is 2.17. The van der Waals surface area contributed by atoms with E-state index in [9.17, 15) is 4.79 Å². The predicted molar refractivity (Wildman–Crippen MR) is 141 cm³/mol. The van der Waals surface area contributed by atoms with Gasteiger partial charge in [0.25, 0.3) is 0 Å². The molecule has 10 heteroatoms. The molecule has 0 fully saturated rings. The van der Waals surface area contributed by atoms with Gasteiger partial charge in [-0.25, -0.2) is 15.0 Å². The number of anilines is 1. The van der Waals surface area contributed by atoms with Crippen molar-refractivity contribution in [1.82, 2.24) is 35.1 Å². The Hall–Kier alpha value is -4.44. The Bertz CT molecular complexity index is 1690. The van der Waals surface area contributed by atoms with Gasteiger partial charge in [-0.1, -0.05) is 19.4 Å². The molecule has 6 aromatic rings. The Balaban J connectivity index is 1.37. The average Bonchev–Trinajstić information content (AvgIpc) is 3.66. The standard InChI is InChI=1S/C26H22N8OS/c1-2-3-6-21(35)29-16-12-15(13-27-14-16)18-7-8-19-23(30-18)24(34-33-19)26-31-22-17(20-5-4-11-36-20)9-10-28-25(22)32-26/h4-5,7-14H,2-3,6H2,1H3,(H,29,35)(H,33,34)(H,28,31,32). The molecule has 0 spiro atoms. The van der Waals surface area contributed by atoms with Gasteiger partial charge >= 0.3 is 0 Å². The van der Waals surface area contributed by atoms with Gasteiger partial charge in [-0.3, -0.25) is 14.9 Å². The van der Waals surface area contributed by atoms with E-state index in [1.165, 1.54) is 0 Å². The number of pyridine rings is 3. The van der Waals surface area contributed by atoms with Crippen LogP contribution >= 0.6 is 11.3 Å². The third kappa shape index (κ3) is 4.11. The first kappa shape index (κ1) is 22.1. The van der Waals surface area contributed by atoms with E-state index in [2.05, 4.69) is 43.5 Å². The van der Waals surface area contributed by atoms with Crippen LogP contribution < -0.4 is 5.32 Å². The van der Waals surface area contributed by atoms with Gasteiger partial charge in [-0.05, 0) is 42.1 Å². The van der Waals surface area contributed by atoms with E-state index in [-0.39, 0.29) is 5.91 Å². The predicted octanol–water partition coefficient (Wildman–Crippen LogP) is 5.82. The summed E-state index contributed by atoms with van der Waals surface area (Å²) in [5, 5.41) is 12.5. The minimum atomic E-state index is -0.0169. The van der Waals surface area contributed by atoms with Crippen LogP contribution in [0.15, 0.2) is 60.4 Å². The number of carbonyl (C=O) groups excluding carboxylic acids is 1. The van der Waals surface area contributed by atoms with Gasteiger partial charge in [-0.2, -0.15) is 5.10 Å². The molecule has 6 aromatic heterocycles. The number of H-pyrrole nitrogens is 2. The first-order chi connectivity index (χ1) is 17.7. The Morgan fingerprint density at radius 2 is 2.08 bits per heavy atom. The molecule has 0 aromatic carbocycles. The van der Waals surface area contributed by atoms with Gasteiger partial charge in [-0.15, -0.1) is 11.3 Å². The second kappa shape index (κ2) is 9.31. The van der Waals surface area contributed by atoms with E-state index < -0.39 is 0 Å². The van der Waals surface area contributed by atoms with Crippen LogP contribution in [0.3, 0.4) is 0 Å². The number of carbonyl (C=O) groups is 1. The fourth-order valence-electron chi connectivity index (χ4n) is 4.09. The van der Waals surface area contributed by atoms with E-state index in [1.54, 1.807) is 29.9 Å². The molecule has 0 aliphatic heterocycles. The third-order valence-electron chi connectivity index (χ3n) is 5.89. The van der Waals surface area contributed by atoms with Gasteiger partial charge in [0, 0.05) is 34.8 Å². The zero-order valence-corrected chi connectivity index (χ0v) is 20.3. The Kier molecular flexibility index (Phi) is 5.70. The van der Waals surface area contributed by atoms with Crippen molar-refractivity contribution in [3.63, 3.8) is 0 Å². The molecule has 0 saturated carbocycles. The molecule has 9 nitrogen and oxygen atoms in total. The number of hydrogen-bond donors (Lipinski definition) is 3. The number of unbranched alkanes of at least 4 members (excludes halogenated alkanes) is 1. The quantitative estimate of drug-likeness (QED) is 0.257. The Morgan fingerprint density at radius 3 is 2.94 bits per heavy atom. The minimum Gasteiger partial charge on any atom is -0.335 e. The van der Waals surface area contributed by atoms with Gasteiger partial charge in [0.1, 0.15) is 5.52 Å². The molecule has 1 amide bonds. The normalized spacial score (nSPS) is 11.4. The summed E-state index contributed by atoms with van der Waals surface area (Å²) < 4.78 is 0. The molecule has 0 bridgehead atoms. The average molecular weight is 495 g/mol. The molecule has 0 aliphatic carbocycles. The number of hydrogen-bond acceptors (Lipinski definition) is 7. The van der Waals surface area contributed by atoms with Gasteiger partial charge < -0.3 is 10.3 Å². The van der Waals surface area contributed by atoms with Crippen molar-refractivity contribution in [2.45, 2.75) is 26.2 Å². The SMILES string of the molecule is CCCCC(=O)Nc1cncc(-c2ccc3[nH]nc(-c4nc5nccc(-c6cccs6)c5[nH]4)c3n2)c1. The maximum atomic E-state index is 12.2.